The van der Waals surface area contributed by atoms with Crippen LogP contribution in [0.4, 0.5) is 10.1 Å². The molecule has 0 atom stereocenters. The fraction of sp³-hybridized carbons (Fsp3) is 0.167. The fourth-order valence-electron chi connectivity index (χ4n) is 2.06. The third kappa shape index (κ3) is 4.26. The quantitative estimate of drug-likeness (QED) is 0.811. The van der Waals surface area contributed by atoms with Crippen molar-refractivity contribution in [3.63, 3.8) is 0 Å². The summed E-state index contributed by atoms with van der Waals surface area (Å²) in [5.74, 6) is -0.248. The van der Waals surface area contributed by atoms with E-state index in [2.05, 4.69) is 5.32 Å². The SMILES string of the molecule is COc1ccc(/C=C/C(=O)Nc2cc(C)c(Cl)cc2OC)cc1F. The first-order valence-corrected chi connectivity index (χ1v) is 7.49. The van der Waals surface area contributed by atoms with Crippen LogP contribution in [0.2, 0.25) is 5.02 Å². The van der Waals surface area contributed by atoms with Crippen LogP contribution in [0.25, 0.3) is 6.08 Å². The van der Waals surface area contributed by atoms with Gasteiger partial charge in [-0.15, -0.1) is 0 Å². The lowest BCUT2D eigenvalue weighted by Gasteiger charge is -2.11. The van der Waals surface area contributed by atoms with Gasteiger partial charge in [-0.05, 0) is 42.3 Å². The number of hydrogen-bond acceptors (Lipinski definition) is 3. The lowest BCUT2D eigenvalue weighted by atomic mass is 10.2. The van der Waals surface area contributed by atoms with Gasteiger partial charge >= 0.3 is 0 Å². The Labute approximate surface area is 144 Å². The van der Waals surface area contributed by atoms with Crippen LogP contribution in [0.5, 0.6) is 11.5 Å². The summed E-state index contributed by atoms with van der Waals surface area (Å²) in [6.07, 6.45) is 2.82. The highest BCUT2D eigenvalue weighted by atomic mass is 35.5. The Kier molecular flexibility index (Phi) is 5.82. The Balaban J connectivity index is 2.13. The first-order chi connectivity index (χ1) is 11.4. The van der Waals surface area contributed by atoms with Gasteiger partial charge in [0, 0.05) is 17.2 Å². The van der Waals surface area contributed by atoms with Crippen molar-refractivity contribution in [1.82, 2.24) is 0 Å². The number of methoxy groups -OCH3 is 2. The summed E-state index contributed by atoms with van der Waals surface area (Å²) in [7, 11) is 2.88. The van der Waals surface area contributed by atoms with Crippen molar-refractivity contribution >= 4 is 29.3 Å². The summed E-state index contributed by atoms with van der Waals surface area (Å²) in [5, 5.41) is 3.26. The van der Waals surface area contributed by atoms with Gasteiger partial charge in [0.2, 0.25) is 5.91 Å². The summed E-state index contributed by atoms with van der Waals surface area (Å²) in [5.41, 5.74) is 1.87. The second-order valence-corrected chi connectivity index (χ2v) is 5.43. The van der Waals surface area contributed by atoms with Gasteiger partial charge in [0.25, 0.3) is 0 Å². The molecule has 4 nitrogen and oxygen atoms in total. The Morgan fingerprint density at radius 2 is 1.88 bits per heavy atom. The lowest BCUT2D eigenvalue weighted by Crippen LogP contribution is -2.09. The summed E-state index contributed by atoms with van der Waals surface area (Å²) in [6, 6.07) is 7.79. The van der Waals surface area contributed by atoms with Gasteiger partial charge in [-0.1, -0.05) is 17.7 Å². The van der Waals surface area contributed by atoms with Gasteiger partial charge < -0.3 is 14.8 Å². The molecule has 2 aromatic carbocycles. The van der Waals surface area contributed by atoms with Gasteiger partial charge in [-0.2, -0.15) is 0 Å². The van der Waals surface area contributed by atoms with Crippen LogP contribution in [-0.2, 0) is 4.79 Å². The van der Waals surface area contributed by atoms with Crippen molar-refractivity contribution in [3.05, 3.63) is 58.4 Å². The minimum absolute atomic E-state index is 0.151. The number of ether oxygens (including phenoxy) is 2. The minimum Gasteiger partial charge on any atom is -0.495 e. The van der Waals surface area contributed by atoms with E-state index in [0.717, 1.165) is 5.56 Å². The summed E-state index contributed by atoms with van der Waals surface area (Å²) < 4.78 is 23.7. The molecule has 24 heavy (non-hydrogen) atoms. The van der Waals surface area contributed by atoms with Gasteiger partial charge in [0.05, 0.1) is 19.9 Å². The maximum absolute atomic E-state index is 13.6. The van der Waals surface area contributed by atoms with Crippen molar-refractivity contribution in [2.45, 2.75) is 6.92 Å². The molecule has 0 aliphatic rings. The molecule has 0 heterocycles. The molecule has 1 N–H and O–H groups in total. The summed E-state index contributed by atoms with van der Waals surface area (Å²) >= 11 is 6.03. The largest absolute Gasteiger partial charge is 0.495 e. The number of hydrogen-bond donors (Lipinski definition) is 1. The highest BCUT2D eigenvalue weighted by molar-refractivity contribution is 6.31. The van der Waals surface area contributed by atoms with Gasteiger partial charge in [0.1, 0.15) is 5.75 Å². The fourth-order valence-corrected chi connectivity index (χ4v) is 2.22. The Bertz CT molecular complexity index is 790. The zero-order chi connectivity index (χ0) is 17.7. The minimum atomic E-state index is -0.491. The first-order valence-electron chi connectivity index (χ1n) is 7.11. The molecule has 6 heteroatoms. The second kappa shape index (κ2) is 7.84. The number of carbonyl (C=O) groups is 1. The molecular weight excluding hydrogens is 333 g/mol. The molecule has 0 saturated heterocycles. The topological polar surface area (TPSA) is 47.6 Å². The van der Waals surface area contributed by atoms with E-state index < -0.39 is 5.82 Å². The standard InChI is InChI=1S/C18H17ClFNO3/c1-11-8-15(17(24-3)10-13(11)19)21-18(22)7-5-12-4-6-16(23-2)14(20)9-12/h4-10H,1-3H3,(H,21,22)/b7-5+. The third-order valence-electron chi connectivity index (χ3n) is 3.34. The molecule has 0 unspecified atom stereocenters. The van der Waals surface area contributed by atoms with Crippen molar-refractivity contribution < 1.29 is 18.7 Å². The van der Waals surface area contributed by atoms with Crippen LogP contribution in [0, 0.1) is 12.7 Å². The smallest absolute Gasteiger partial charge is 0.248 e. The number of aryl methyl sites for hydroxylation is 1. The predicted molar refractivity (Wildman–Crippen MR) is 93.4 cm³/mol. The number of benzene rings is 2. The third-order valence-corrected chi connectivity index (χ3v) is 3.75. The summed E-state index contributed by atoms with van der Waals surface area (Å²) in [4.78, 5) is 12.1. The maximum Gasteiger partial charge on any atom is 0.248 e. The molecule has 0 aliphatic heterocycles. The maximum atomic E-state index is 13.6. The molecule has 2 rings (SSSR count). The first kappa shape index (κ1) is 17.8. The van der Waals surface area contributed by atoms with E-state index in [-0.39, 0.29) is 11.7 Å². The van der Waals surface area contributed by atoms with E-state index in [0.29, 0.717) is 22.0 Å². The zero-order valence-electron chi connectivity index (χ0n) is 13.5. The number of amides is 1. The van der Waals surface area contributed by atoms with Crippen molar-refractivity contribution in [2.24, 2.45) is 0 Å². The molecule has 0 fully saturated rings. The number of nitrogens with one attached hydrogen (secondary N) is 1. The molecule has 0 aromatic heterocycles. The van der Waals surface area contributed by atoms with E-state index in [1.54, 1.807) is 18.2 Å². The molecule has 126 valence electrons. The molecule has 0 radical (unpaired) electrons. The molecule has 0 spiro atoms. The molecule has 0 saturated carbocycles. The normalized spacial score (nSPS) is 10.7. The van der Waals surface area contributed by atoms with Crippen molar-refractivity contribution in [1.29, 1.82) is 0 Å². The van der Waals surface area contributed by atoms with Crippen molar-refractivity contribution in [2.75, 3.05) is 19.5 Å². The molecule has 0 aliphatic carbocycles. The van der Waals surface area contributed by atoms with Gasteiger partial charge in [0.15, 0.2) is 11.6 Å². The number of halogens is 2. The molecular formula is C18H17ClFNO3. The van der Waals surface area contributed by atoms with Crippen molar-refractivity contribution in [3.8, 4) is 11.5 Å². The van der Waals surface area contributed by atoms with E-state index in [1.807, 2.05) is 6.92 Å². The van der Waals surface area contributed by atoms with Gasteiger partial charge in [-0.25, -0.2) is 4.39 Å². The van der Waals surface area contributed by atoms with Gasteiger partial charge in [-0.3, -0.25) is 4.79 Å². The Morgan fingerprint density at radius 3 is 2.50 bits per heavy atom. The Morgan fingerprint density at radius 1 is 1.17 bits per heavy atom. The average Bonchev–Trinajstić information content (AvgIpc) is 2.56. The van der Waals surface area contributed by atoms with Crippen LogP contribution in [0.15, 0.2) is 36.4 Å². The average molecular weight is 350 g/mol. The number of rotatable bonds is 5. The molecule has 1 amide bonds. The highest BCUT2D eigenvalue weighted by Crippen LogP contribution is 2.31. The summed E-state index contributed by atoms with van der Waals surface area (Å²) in [6.45, 7) is 1.83. The van der Waals surface area contributed by atoms with Crippen LogP contribution >= 0.6 is 11.6 Å². The van der Waals surface area contributed by atoms with E-state index >= 15 is 0 Å². The highest BCUT2D eigenvalue weighted by Gasteiger charge is 2.09. The zero-order valence-corrected chi connectivity index (χ0v) is 14.3. The number of carbonyl (C=O) groups excluding carboxylic acids is 1. The monoisotopic (exact) mass is 349 g/mol. The van der Waals surface area contributed by atoms with Crippen LogP contribution in [0.3, 0.4) is 0 Å². The van der Waals surface area contributed by atoms with Crippen LogP contribution in [0.1, 0.15) is 11.1 Å². The van der Waals surface area contributed by atoms with E-state index in [1.165, 1.54) is 38.5 Å². The Hall–Kier alpha value is -2.53. The molecule has 2 aromatic rings. The van der Waals surface area contributed by atoms with E-state index in [9.17, 15) is 9.18 Å². The number of anilines is 1. The lowest BCUT2D eigenvalue weighted by molar-refractivity contribution is -0.111. The van der Waals surface area contributed by atoms with E-state index in [4.69, 9.17) is 21.1 Å². The predicted octanol–water partition coefficient (Wildman–Crippen LogP) is 4.46. The molecule has 0 bridgehead atoms. The van der Waals surface area contributed by atoms with Crippen LogP contribution in [-0.4, -0.2) is 20.1 Å². The van der Waals surface area contributed by atoms with Crippen LogP contribution < -0.4 is 14.8 Å². The second-order valence-electron chi connectivity index (χ2n) is 5.02.